The molecule has 0 fully saturated rings. The van der Waals surface area contributed by atoms with Crippen molar-refractivity contribution in [2.75, 3.05) is 0 Å². The highest BCUT2D eigenvalue weighted by atomic mass is 16.3. The van der Waals surface area contributed by atoms with Gasteiger partial charge in [0.25, 0.3) is 0 Å². The average Bonchev–Trinajstić information content (AvgIpc) is 2.30. The SMILES string of the molecule is Cc1ccc(-c2ccc(C[O])cc2)cc1. The first-order valence-electron chi connectivity index (χ1n) is 5.03. The molecule has 2 aromatic carbocycles. The van der Waals surface area contributed by atoms with Crippen LogP contribution in [0, 0.1) is 6.92 Å². The summed E-state index contributed by atoms with van der Waals surface area (Å²) in [5.41, 5.74) is 4.45. The predicted molar refractivity (Wildman–Crippen MR) is 61.0 cm³/mol. The van der Waals surface area contributed by atoms with Crippen molar-refractivity contribution in [3.05, 3.63) is 59.7 Å². The third-order valence-corrected chi connectivity index (χ3v) is 2.51. The molecule has 0 unspecified atom stereocenters. The van der Waals surface area contributed by atoms with Gasteiger partial charge in [-0.25, -0.2) is 5.11 Å². The summed E-state index contributed by atoms with van der Waals surface area (Å²) in [5.74, 6) is 0. The van der Waals surface area contributed by atoms with Crippen LogP contribution >= 0.6 is 0 Å². The zero-order valence-electron chi connectivity index (χ0n) is 8.73. The molecule has 0 bridgehead atoms. The average molecular weight is 197 g/mol. The molecule has 0 saturated heterocycles. The van der Waals surface area contributed by atoms with Gasteiger partial charge in [0.1, 0.15) is 6.61 Å². The van der Waals surface area contributed by atoms with Gasteiger partial charge in [0.15, 0.2) is 0 Å². The van der Waals surface area contributed by atoms with Crippen molar-refractivity contribution in [1.29, 1.82) is 0 Å². The molecular weight excluding hydrogens is 184 g/mol. The van der Waals surface area contributed by atoms with E-state index >= 15 is 0 Å². The molecule has 2 rings (SSSR count). The quantitative estimate of drug-likeness (QED) is 0.701. The van der Waals surface area contributed by atoms with Gasteiger partial charge in [-0.3, -0.25) is 0 Å². The summed E-state index contributed by atoms with van der Waals surface area (Å²) < 4.78 is 0. The Morgan fingerprint density at radius 1 is 0.800 bits per heavy atom. The Balaban J connectivity index is 2.33. The third-order valence-electron chi connectivity index (χ3n) is 2.51. The summed E-state index contributed by atoms with van der Waals surface area (Å²) in [6.07, 6.45) is 0. The van der Waals surface area contributed by atoms with Crippen LogP contribution in [0.4, 0.5) is 0 Å². The van der Waals surface area contributed by atoms with Gasteiger partial charge in [-0.2, -0.15) is 0 Å². The van der Waals surface area contributed by atoms with Crippen molar-refractivity contribution in [2.24, 2.45) is 0 Å². The molecule has 1 nitrogen and oxygen atoms in total. The smallest absolute Gasteiger partial charge is 0.107 e. The van der Waals surface area contributed by atoms with Crippen LogP contribution in [0.1, 0.15) is 11.1 Å². The van der Waals surface area contributed by atoms with Gasteiger partial charge < -0.3 is 0 Å². The van der Waals surface area contributed by atoms with E-state index < -0.39 is 0 Å². The molecule has 1 heteroatoms. The lowest BCUT2D eigenvalue weighted by Gasteiger charge is -2.02. The van der Waals surface area contributed by atoms with Gasteiger partial charge in [0, 0.05) is 0 Å². The fourth-order valence-electron chi connectivity index (χ4n) is 1.54. The molecule has 15 heavy (non-hydrogen) atoms. The highest BCUT2D eigenvalue weighted by Gasteiger charge is 1.97. The minimum Gasteiger partial charge on any atom is -0.232 e. The number of hydrogen-bond acceptors (Lipinski definition) is 0. The first kappa shape index (κ1) is 9.94. The maximum Gasteiger partial charge on any atom is 0.107 e. The van der Waals surface area contributed by atoms with Gasteiger partial charge in [-0.15, -0.1) is 0 Å². The van der Waals surface area contributed by atoms with Gasteiger partial charge in [-0.05, 0) is 23.6 Å². The van der Waals surface area contributed by atoms with E-state index in [1.807, 2.05) is 24.3 Å². The fourth-order valence-corrected chi connectivity index (χ4v) is 1.54. The molecule has 0 N–H and O–H groups in total. The highest BCUT2D eigenvalue weighted by Crippen LogP contribution is 2.20. The van der Waals surface area contributed by atoms with Crippen LogP contribution in [0.3, 0.4) is 0 Å². The van der Waals surface area contributed by atoms with E-state index in [1.165, 1.54) is 11.1 Å². The second-order valence-corrected chi connectivity index (χ2v) is 3.71. The van der Waals surface area contributed by atoms with Gasteiger partial charge >= 0.3 is 0 Å². The third kappa shape index (κ3) is 2.25. The summed E-state index contributed by atoms with van der Waals surface area (Å²) in [4.78, 5) is 0. The zero-order valence-corrected chi connectivity index (χ0v) is 8.73. The monoisotopic (exact) mass is 197 g/mol. The maximum atomic E-state index is 10.6. The van der Waals surface area contributed by atoms with Crippen molar-refractivity contribution >= 4 is 0 Å². The van der Waals surface area contributed by atoms with Crippen molar-refractivity contribution in [3.8, 4) is 11.1 Å². The summed E-state index contributed by atoms with van der Waals surface area (Å²) in [7, 11) is 0. The molecule has 0 amide bonds. The molecule has 0 heterocycles. The Bertz CT molecular complexity index is 426. The van der Waals surface area contributed by atoms with Gasteiger partial charge in [0.2, 0.25) is 0 Å². The molecular formula is C14H13O. The van der Waals surface area contributed by atoms with E-state index in [9.17, 15) is 5.11 Å². The number of rotatable bonds is 2. The lowest BCUT2D eigenvalue weighted by Crippen LogP contribution is -1.82. The van der Waals surface area contributed by atoms with E-state index in [1.54, 1.807) is 0 Å². The fraction of sp³-hybridized carbons (Fsp3) is 0.143. The first-order valence-corrected chi connectivity index (χ1v) is 5.03. The largest absolute Gasteiger partial charge is 0.232 e. The molecule has 0 atom stereocenters. The van der Waals surface area contributed by atoms with Crippen LogP contribution in [0.25, 0.3) is 11.1 Å². The Kier molecular flexibility index (Phi) is 2.84. The summed E-state index contributed by atoms with van der Waals surface area (Å²) in [5, 5.41) is 10.6. The van der Waals surface area contributed by atoms with Gasteiger partial charge in [-0.1, -0.05) is 54.1 Å². The van der Waals surface area contributed by atoms with E-state index in [-0.39, 0.29) is 6.61 Å². The van der Waals surface area contributed by atoms with Crippen molar-refractivity contribution in [2.45, 2.75) is 13.5 Å². The van der Waals surface area contributed by atoms with Crippen LogP contribution in [0.5, 0.6) is 0 Å². The minimum absolute atomic E-state index is 0.145. The molecule has 0 aromatic heterocycles. The first-order chi connectivity index (χ1) is 7.29. The van der Waals surface area contributed by atoms with Crippen LogP contribution in [-0.4, -0.2) is 0 Å². The number of hydrogen-bond donors (Lipinski definition) is 0. The van der Waals surface area contributed by atoms with Crippen molar-refractivity contribution in [1.82, 2.24) is 0 Å². The Morgan fingerprint density at radius 2 is 1.27 bits per heavy atom. The minimum atomic E-state index is -0.145. The molecule has 0 saturated carbocycles. The number of benzene rings is 2. The molecule has 2 aromatic rings. The van der Waals surface area contributed by atoms with E-state index in [4.69, 9.17) is 0 Å². The standard InChI is InChI=1S/C14H13O/c1-11-2-6-13(7-3-11)14-8-4-12(10-15)5-9-14/h2-9H,10H2,1H3. The zero-order chi connectivity index (χ0) is 10.7. The van der Waals surface area contributed by atoms with Crippen LogP contribution < -0.4 is 0 Å². The van der Waals surface area contributed by atoms with Crippen molar-refractivity contribution in [3.63, 3.8) is 0 Å². The Hall–Kier alpha value is -1.60. The normalized spacial score (nSPS) is 10.3. The molecule has 75 valence electrons. The van der Waals surface area contributed by atoms with Crippen LogP contribution in [-0.2, 0) is 11.7 Å². The second kappa shape index (κ2) is 4.28. The van der Waals surface area contributed by atoms with Crippen molar-refractivity contribution < 1.29 is 5.11 Å². The lowest BCUT2D eigenvalue weighted by molar-refractivity contribution is 0.177. The van der Waals surface area contributed by atoms with Gasteiger partial charge in [0.05, 0.1) is 0 Å². The molecule has 1 radical (unpaired) electrons. The van der Waals surface area contributed by atoms with Crippen LogP contribution in [0.15, 0.2) is 48.5 Å². The lowest BCUT2D eigenvalue weighted by atomic mass is 10.0. The Morgan fingerprint density at radius 3 is 1.73 bits per heavy atom. The van der Waals surface area contributed by atoms with Crippen LogP contribution in [0.2, 0.25) is 0 Å². The van der Waals surface area contributed by atoms with E-state index in [0.29, 0.717) is 0 Å². The predicted octanol–water partition coefficient (Wildman–Crippen LogP) is 3.59. The summed E-state index contributed by atoms with van der Waals surface area (Å²) >= 11 is 0. The van der Waals surface area contributed by atoms with E-state index in [0.717, 1.165) is 11.1 Å². The molecule has 0 spiro atoms. The van der Waals surface area contributed by atoms with E-state index in [2.05, 4.69) is 31.2 Å². The molecule has 0 aliphatic carbocycles. The number of aryl methyl sites for hydroxylation is 1. The molecule has 0 aliphatic rings. The second-order valence-electron chi connectivity index (χ2n) is 3.71. The summed E-state index contributed by atoms with van der Waals surface area (Å²) in [6, 6.07) is 16.2. The molecule has 0 aliphatic heterocycles. The maximum absolute atomic E-state index is 10.6. The summed E-state index contributed by atoms with van der Waals surface area (Å²) in [6.45, 7) is 1.93. The Labute approximate surface area is 90.0 Å². The highest BCUT2D eigenvalue weighted by molar-refractivity contribution is 5.63. The topological polar surface area (TPSA) is 19.9 Å².